The molecule has 3 amide bonds. The monoisotopic (exact) mass is 1360 g/mol. The van der Waals surface area contributed by atoms with E-state index in [0.717, 1.165) is 27.7 Å². The van der Waals surface area contributed by atoms with E-state index in [4.69, 9.17) is 32.8 Å². The molecule has 0 aliphatic heterocycles. The van der Waals surface area contributed by atoms with Gasteiger partial charge in [0.05, 0.1) is 143 Å². The lowest BCUT2D eigenvalue weighted by molar-refractivity contribution is 0.0654. The second-order valence-electron chi connectivity index (χ2n) is 22.0. The number of amides is 3. The number of aromatic amines is 2. The number of furan rings is 1. The van der Waals surface area contributed by atoms with Gasteiger partial charge in [-0.15, -0.1) is 0 Å². The van der Waals surface area contributed by atoms with Gasteiger partial charge in [-0.05, 0) is 103 Å². The summed E-state index contributed by atoms with van der Waals surface area (Å²) in [5.41, 5.74) is 11.1. The van der Waals surface area contributed by atoms with Crippen molar-refractivity contribution in [3.63, 3.8) is 0 Å². The highest BCUT2D eigenvalue weighted by molar-refractivity contribution is 6.06. The van der Waals surface area contributed by atoms with E-state index in [1.807, 2.05) is 84.9 Å². The molecule has 0 radical (unpaired) electrons. The van der Waals surface area contributed by atoms with Crippen molar-refractivity contribution < 1.29 is 47.2 Å². The van der Waals surface area contributed by atoms with Crippen LogP contribution >= 0.6 is 0 Å². The number of carbonyl (C=O) groups is 3. The van der Waals surface area contributed by atoms with Crippen LogP contribution in [0.1, 0.15) is 42.7 Å². The largest absolute Gasteiger partial charge is 0.463 e. The average molecular weight is 1360 g/mol. The van der Waals surface area contributed by atoms with Crippen molar-refractivity contribution in [1.29, 1.82) is 0 Å². The Kier molecular flexibility index (Phi) is 25.3. The molecule has 0 aliphatic carbocycles. The van der Waals surface area contributed by atoms with Crippen LogP contribution in [0.4, 0.5) is 17.1 Å². The first-order chi connectivity index (χ1) is 49.7. The van der Waals surface area contributed by atoms with Crippen LogP contribution in [-0.4, -0.2) is 178 Å². The quantitative estimate of drug-likeness (QED) is 0.0252. The van der Waals surface area contributed by atoms with E-state index in [-0.39, 0.29) is 29.1 Å². The zero-order valence-electron chi connectivity index (χ0n) is 55.6. The van der Waals surface area contributed by atoms with Crippen LogP contribution in [0.15, 0.2) is 206 Å². The van der Waals surface area contributed by atoms with Crippen LogP contribution < -0.4 is 16.0 Å². The second kappa shape index (κ2) is 36.5. The number of ether oxygens (including phenoxy) is 6. The van der Waals surface area contributed by atoms with Crippen molar-refractivity contribution in [2.24, 2.45) is 0 Å². The molecule has 29 heteroatoms. The summed E-state index contributed by atoms with van der Waals surface area (Å²) < 4.78 is 42.1. The molecule has 0 fully saturated rings. The molecule has 12 heterocycles. The summed E-state index contributed by atoms with van der Waals surface area (Å²) in [5.74, 6) is -0.426. The fourth-order valence-corrected chi connectivity index (χ4v) is 9.98. The number of H-pyrrole nitrogens is 2. The Balaban J connectivity index is 0.000000153. The molecule has 0 saturated carbocycles. The minimum Gasteiger partial charge on any atom is -0.463 e. The Morgan fingerprint density at radius 1 is 0.465 bits per heavy atom. The summed E-state index contributed by atoms with van der Waals surface area (Å²) in [6.07, 6.45) is 17.7. The van der Waals surface area contributed by atoms with Gasteiger partial charge in [-0.1, -0.05) is 42.5 Å². The number of nitrogens with zero attached hydrogens (tertiary/aromatic N) is 14. The first kappa shape index (κ1) is 70.2. The lowest BCUT2D eigenvalue weighted by Gasteiger charge is -2.07. The maximum Gasteiger partial charge on any atom is 0.274 e. The molecule has 0 spiro atoms. The average Bonchev–Trinajstić information content (AvgIpc) is 1.70. The molecule has 13 aromatic rings. The van der Waals surface area contributed by atoms with Gasteiger partial charge in [0.25, 0.3) is 17.7 Å². The number of hydrogen-bond donors (Lipinski definition) is 5. The molecule has 0 atom stereocenters. The van der Waals surface area contributed by atoms with Gasteiger partial charge in [-0.2, -0.15) is 25.5 Å². The lowest BCUT2D eigenvalue weighted by atomic mass is 10.1. The molecule has 12 aromatic heterocycles. The van der Waals surface area contributed by atoms with Crippen molar-refractivity contribution in [1.82, 2.24) is 79.6 Å². The molecule has 0 saturated heterocycles. The second-order valence-corrected chi connectivity index (χ2v) is 22.0. The number of methoxy groups -OCH3 is 3. The normalized spacial score (nSPS) is 11.0. The van der Waals surface area contributed by atoms with Gasteiger partial charge in [0.2, 0.25) is 0 Å². The molecule has 0 aliphatic rings. The summed E-state index contributed by atoms with van der Waals surface area (Å²) in [7, 11) is 4.89. The van der Waals surface area contributed by atoms with Crippen molar-refractivity contribution >= 4 is 45.7 Å². The Labute approximate surface area is 579 Å². The summed E-state index contributed by atoms with van der Waals surface area (Å²) in [5, 5.41) is 37.4. The number of pyridine rings is 6. The summed E-state index contributed by atoms with van der Waals surface area (Å²) in [4.78, 5) is 65.8. The van der Waals surface area contributed by atoms with Gasteiger partial charge in [-0.25, -0.2) is 15.0 Å². The first-order valence-corrected chi connectivity index (χ1v) is 32.1. The molecular formula is C72H73N19O10. The van der Waals surface area contributed by atoms with Gasteiger partial charge >= 0.3 is 0 Å². The standard InChI is InChI=1S/C27H27N7O3.C23H23N5O4.C22H23N7O3/c1-36-13-14-37-12-11-34-18-25(26(33-34)23-6-2-3-10-28-23)31-27(35)24-7-4-5-21(30-24)16-19-8-9-22-20(15-19)17-29-32-22;1-30-14-15-31-13-11-28-16-20(22(27-28)18-6-2-3-10-24-18)26-23(29)19-8-4-7-17(25-19)21-9-5-12-32-21;1-31-11-12-32-10-9-29-15-20(21(28-29)18-5-2-3-8-23-18)27-22(30)19-7-4-6-17(26-19)16-13-24-25-14-16/h2-10,15,17-18H,11-14,16H2,1H3,(H,29,32)(H,31,35);2-10,12,16H,11,13-15H2,1H3,(H,26,29);2-8,13-15H,9-12H2,1H3,(H,24,25)(H,27,30). The number of carbonyl (C=O) groups excluding carboxylic acids is 3. The van der Waals surface area contributed by atoms with Crippen LogP contribution in [0.2, 0.25) is 0 Å². The summed E-state index contributed by atoms with van der Waals surface area (Å²) >= 11 is 0. The Hall–Kier alpha value is -12.1. The van der Waals surface area contributed by atoms with Gasteiger partial charge in [-0.3, -0.25) is 53.6 Å². The predicted molar refractivity (Wildman–Crippen MR) is 375 cm³/mol. The van der Waals surface area contributed by atoms with E-state index in [2.05, 4.69) is 87.6 Å². The molecule has 101 heavy (non-hydrogen) atoms. The lowest BCUT2D eigenvalue weighted by Crippen LogP contribution is -2.15. The van der Waals surface area contributed by atoms with Crippen LogP contribution in [0, 0.1) is 0 Å². The predicted octanol–water partition coefficient (Wildman–Crippen LogP) is 9.88. The molecule has 5 N–H and O–H groups in total. The van der Waals surface area contributed by atoms with E-state index >= 15 is 0 Å². The van der Waals surface area contributed by atoms with Crippen LogP contribution in [0.25, 0.3) is 67.8 Å². The van der Waals surface area contributed by atoms with Crippen LogP contribution in [-0.2, 0) is 54.5 Å². The summed E-state index contributed by atoms with van der Waals surface area (Å²) in [6, 6.07) is 42.2. The topological polar surface area (TPSA) is 344 Å². The minimum atomic E-state index is -0.355. The Bertz CT molecular complexity index is 4520. The zero-order chi connectivity index (χ0) is 69.8. The zero-order valence-corrected chi connectivity index (χ0v) is 55.6. The third-order valence-electron chi connectivity index (χ3n) is 14.9. The highest BCUT2D eigenvalue weighted by Crippen LogP contribution is 2.29. The fourth-order valence-electron chi connectivity index (χ4n) is 9.98. The smallest absolute Gasteiger partial charge is 0.274 e. The van der Waals surface area contributed by atoms with E-state index in [1.54, 1.807) is 146 Å². The number of fused-ring (bicyclic) bond motifs is 1. The van der Waals surface area contributed by atoms with Gasteiger partial charge in [0, 0.05) is 87.8 Å². The fraction of sp³-hybridized carbons (Fsp3) is 0.222. The molecule has 1 aromatic carbocycles. The number of benzene rings is 1. The number of rotatable bonds is 31. The third kappa shape index (κ3) is 20.0. The maximum absolute atomic E-state index is 13.2. The van der Waals surface area contributed by atoms with Crippen LogP contribution in [0.3, 0.4) is 0 Å². The van der Waals surface area contributed by atoms with Crippen molar-refractivity contribution in [3.05, 3.63) is 230 Å². The molecular weight excluding hydrogens is 1290 g/mol. The SMILES string of the molecule is COCCOCCn1cc(NC(=O)c2cccc(-c3ccco3)n2)c(-c2ccccn2)n1.COCCOCCn1cc(NC(=O)c2cccc(-c3cn[nH]c3)n2)c(-c2ccccn2)n1.COCCOCCn1cc(NC(=O)c2cccc(Cc3ccc4[nH]ncc4c3)n2)c(-c2ccccn2)n1. The number of nitrogens with one attached hydrogen (secondary N) is 5. The van der Waals surface area contributed by atoms with Crippen molar-refractivity contribution in [3.8, 4) is 56.9 Å². The Morgan fingerprint density at radius 3 is 1.40 bits per heavy atom. The van der Waals surface area contributed by atoms with E-state index in [1.165, 1.54) is 0 Å². The van der Waals surface area contributed by atoms with Crippen molar-refractivity contribution in [2.75, 3.05) is 96.7 Å². The van der Waals surface area contributed by atoms with E-state index < -0.39 is 0 Å². The van der Waals surface area contributed by atoms with Gasteiger partial charge in [0.1, 0.15) is 39.9 Å². The number of aromatic nitrogens is 16. The molecule has 0 unspecified atom stereocenters. The van der Waals surface area contributed by atoms with Crippen LogP contribution in [0.5, 0.6) is 0 Å². The molecule has 13 rings (SSSR count). The minimum absolute atomic E-state index is 0.265. The first-order valence-electron chi connectivity index (χ1n) is 32.1. The number of hydrogen-bond acceptors (Lipinski definition) is 21. The Morgan fingerprint density at radius 2 is 0.941 bits per heavy atom. The third-order valence-corrected chi connectivity index (χ3v) is 14.9. The van der Waals surface area contributed by atoms with Gasteiger partial charge < -0.3 is 48.8 Å². The van der Waals surface area contributed by atoms with Crippen molar-refractivity contribution in [2.45, 2.75) is 26.1 Å². The molecule has 0 bridgehead atoms. The van der Waals surface area contributed by atoms with E-state index in [9.17, 15) is 14.4 Å². The van der Waals surface area contributed by atoms with E-state index in [0.29, 0.717) is 160 Å². The highest BCUT2D eigenvalue weighted by atomic mass is 16.5. The number of anilines is 3. The highest BCUT2D eigenvalue weighted by Gasteiger charge is 2.21. The summed E-state index contributed by atoms with van der Waals surface area (Å²) in [6.45, 7) is 6.08. The maximum atomic E-state index is 13.2. The van der Waals surface area contributed by atoms with Gasteiger partial charge in [0.15, 0.2) is 5.76 Å². The molecule has 29 nitrogen and oxygen atoms in total. The molecule has 516 valence electrons.